The van der Waals surface area contributed by atoms with Gasteiger partial charge in [0, 0.05) is 11.7 Å². The second-order valence-corrected chi connectivity index (χ2v) is 5.03. The number of aliphatic hydroxyl groups excluding tert-OH is 1. The van der Waals surface area contributed by atoms with Crippen LogP contribution in [-0.4, -0.2) is 41.7 Å². The Labute approximate surface area is 116 Å². The first-order valence-electron chi connectivity index (χ1n) is 6.20. The van der Waals surface area contributed by atoms with Crippen molar-refractivity contribution in [2.75, 3.05) is 25.0 Å². The summed E-state index contributed by atoms with van der Waals surface area (Å²) in [5.74, 6) is -0.706. The molecule has 1 amide bonds. The molecule has 104 valence electrons. The van der Waals surface area contributed by atoms with Crippen LogP contribution in [0, 0.1) is 5.82 Å². The monoisotopic (exact) mass is 286 g/mol. The highest BCUT2D eigenvalue weighted by Crippen LogP contribution is 2.20. The van der Waals surface area contributed by atoms with Crippen molar-refractivity contribution in [1.29, 1.82) is 0 Å². The van der Waals surface area contributed by atoms with Gasteiger partial charge in [-0.25, -0.2) is 4.39 Å². The Bertz CT molecular complexity index is 470. The minimum absolute atomic E-state index is 0.0211. The van der Waals surface area contributed by atoms with Crippen LogP contribution in [0.3, 0.4) is 0 Å². The molecule has 1 aromatic rings. The Hall–Kier alpha value is -1.17. The number of likely N-dealkylation sites (tertiary alicyclic amines) is 1. The summed E-state index contributed by atoms with van der Waals surface area (Å²) in [7, 11) is 0. The number of benzene rings is 1. The maximum atomic E-state index is 13.0. The van der Waals surface area contributed by atoms with E-state index in [0.717, 1.165) is 19.4 Å². The molecule has 0 radical (unpaired) electrons. The minimum Gasteiger partial charge on any atom is -0.395 e. The number of carbonyl (C=O) groups is 1. The number of rotatable bonds is 4. The van der Waals surface area contributed by atoms with Crippen LogP contribution < -0.4 is 5.32 Å². The van der Waals surface area contributed by atoms with Crippen LogP contribution in [0.15, 0.2) is 18.2 Å². The average molecular weight is 287 g/mol. The van der Waals surface area contributed by atoms with Gasteiger partial charge in [0.15, 0.2) is 0 Å². The van der Waals surface area contributed by atoms with Gasteiger partial charge in [-0.05, 0) is 37.6 Å². The Morgan fingerprint density at radius 3 is 3.05 bits per heavy atom. The molecular formula is C13H16ClFN2O2. The predicted octanol–water partition coefficient (Wildman–Crippen LogP) is 1.87. The Balaban J connectivity index is 1.92. The molecule has 0 aliphatic carbocycles. The van der Waals surface area contributed by atoms with Gasteiger partial charge in [-0.2, -0.15) is 0 Å². The van der Waals surface area contributed by atoms with Gasteiger partial charge in [0.05, 0.1) is 18.2 Å². The number of nitrogens with one attached hydrogen (secondary N) is 1. The number of hydrogen-bond acceptors (Lipinski definition) is 3. The van der Waals surface area contributed by atoms with E-state index in [9.17, 15) is 14.3 Å². The van der Waals surface area contributed by atoms with Crippen molar-refractivity contribution in [2.24, 2.45) is 0 Å². The molecule has 1 saturated heterocycles. The zero-order valence-electron chi connectivity index (χ0n) is 10.4. The molecule has 0 saturated carbocycles. The summed E-state index contributed by atoms with van der Waals surface area (Å²) >= 11 is 5.64. The zero-order chi connectivity index (χ0) is 13.8. The lowest BCUT2D eigenvalue weighted by Gasteiger charge is -2.21. The standard InChI is InChI=1S/C13H16ClFN2O2/c14-11-6-9(3-4-12(11)15)16-13(19)7-17-5-1-2-10(17)8-18/h3-4,6,10,18H,1-2,5,7-8H2,(H,16,19)/t10-/m0/s1. The van der Waals surface area contributed by atoms with E-state index in [2.05, 4.69) is 5.32 Å². The van der Waals surface area contributed by atoms with Crippen molar-refractivity contribution in [3.8, 4) is 0 Å². The van der Waals surface area contributed by atoms with Crippen LogP contribution in [0.4, 0.5) is 10.1 Å². The second-order valence-electron chi connectivity index (χ2n) is 4.63. The number of amides is 1. The van der Waals surface area contributed by atoms with Gasteiger partial charge in [0.25, 0.3) is 0 Å². The molecule has 1 heterocycles. The number of hydrogen-bond donors (Lipinski definition) is 2. The Morgan fingerprint density at radius 2 is 2.37 bits per heavy atom. The van der Waals surface area contributed by atoms with Gasteiger partial charge in [-0.1, -0.05) is 11.6 Å². The predicted molar refractivity (Wildman–Crippen MR) is 71.7 cm³/mol. The molecule has 1 aliphatic rings. The summed E-state index contributed by atoms with van der Waals surface area (Å²) in [6, 6.07) is 4.11. The highest BCUT2D eigenvalue weighted by atomic mass is 35.5. The molecule has 1 fully saturated rings. The maximum absolute atomic E-state index is 13.0. The number of aliphatic hydroxyl groups is 1. The summed E-state index contributed by atoms with van der Waals surface area (Å²) in [6.45, 7) is 1.10. The van der Waals surface area contributed by atoms with Gasteiger partial charge in [0.2, 0.25) is 5.91 Å². The first-order chi connectivity index (χ1) is 9.10. The fourth-order valence-electron chi connectivity index (χ4n) is 2.27. The fourth-order valence-corrected chi connectivity index (χ4v) is 2.45. The van der Waals surface area contributed by atoms with Gasteiger partial charge < -0.3 is 10.4 Å². The van der Waals surface area contributed by atoms with Crippen molar-refractivity contribution in [3.63, 3.8) is 0 Å². The molecule has 0 spiro atoms. The third-order valence-electron chi connectivity index (χ3n) is 3.26. The number of carbonyl (C=O) groups excluding carboxylic acids is 1. The number of anilines is 1. The van der Waals surface area contributed by atoms with Crippen molar-refractivity contribution < 1.29 is 14.3 Å². The molecule has 0 aromatic heterocycles. The number of halogens is 2. The lowest BCUT2D eigenvalue weighted by atomic mass is 10.2. The lowest BCUT2D eigenvalue weighted by molar-refractivity contribution is -0.117. The molecule has 6 heteroatoms. The SMILES string of the molecule is O=C(CN1CCC[C@H]1CO)Nc1ccc(F)c(Cl)c1. The highest BCUT2D eigenvalue weighted by Gasteiger charge is 2.25. The first kappa shape index (κ1) is 14.2. The van der Waals surface area contributed by atoms with Gasteiger partial charge in [-0.15, -0.1) is 0 Å². The molecule has 2 rings (SSSR count). The van der Waals surface area contributed by atoms with Crippen LogP contribution >= 0.6 is 11.6 Å². The molecule has 1 aliphatic heterocycles. The number of nitrogens with zero attached hydrogens (tertiary/aromatic N) is 1. The maximum Gasteiger partial charge on any atom is 0.238 e. The molecule has 19 heavy (non-hydrogen) atoms. The summed E-state index contributed by atoms with van der Waals surface area (Å²) in [4.78, 5) is 13.8. The van der Waals surface area contributed by atoms with Crippen molar-refractivity contribution in [3.05, 3.63) is 29.0 Å². The van der Waals surface area contributed by atoms with Crippen LogP contribution in [0.1, 0.15) is 12.8 Å². The molecule has 1 aromatic carbocycles. The van der Waals surface area contributed by atoms with Crippen molar-refractivity contribution >= 4 is 23.2 Å². The molecule has 4 nitrogen and oxygen atoms in total. The normalized spacial score (nSPS) is 19.6. The third-order valence-corrected chi connectivity index (χ3v) is 3.55. The van der Waals surface area contributed by atoms with E-state index in [1.807, 2.05) is 4.90 Å². The molecular weight excluding hydrogens is 271 g/mol. The van der Waals surface area contributed by atoms with E-state index in [1.54, 1.807) is 0 Å². The fraction of sp³-hybridized carbons (Fsp3) is 0.462. The molecule has 0 bridgehead atoms. The van der Waals surface area contributed by atoms with E-state index in [1.165, 1.54) is 18.2 Å². The van der Waals surface area contributed by atoms with Crippen LogP contribution in [0.2, 0.25) is 5.02 Å². The van der Waals surface area contributed by atoms with Gasteiger partial charge in [0.1, 0.15) is 5.82 Å². The minimum atomic E-state index is -0.514. The molecule has 0 unspecified atom stereocenters. The second kappa shape index (κ2) is 6.32. The average Bonchev–Trinajstić information content (AvgIpc) is 2.81. The Morgan fingerprint density at radius 1 is 1.58 bits per heavy atom. The van der Waals surface area contributed by atoms with Gasteiger partial charge in [-0.3, -0.25) is 9.69 Å². The van der Waals surface area contributed by atoms with Crippen molar-refractivity contribution in [2.45, 2.75) is 18.9 Å². The zero-order valence-corrected chi connectivity index (χ0v) is 11.2. The van der Waals surface area contributed by atoms with Crippen LogP contribution in [-0.2, 0) is 4.79 Å². The van der Waals surface area contributed by atoms with Crippen molar-refractivity contribution in [1.82, 2.24) is 4.90 Å². The van der Waals surface area contributed by atoms with Crippen LogP contribution in [0.25, 0.3) is 0 Å². The summed E-state index contributed by atoms with van der Waals surface area (Å²) in [6.07, 6.45) is 1.90. The lowest BCUT2D eigenvalue weighted by Crippen LogP contribution is -2.38. The molecule has 2 N–H and O–H groups in total. The highest BCUT2D eigenvalue weighted by molar-refractivity contribution is 6.31. The van der Waals surface area contributed by atoms with E-state index >= 15 is 0 Å². The van der Waals surface area contributed by atoms with E-state index in [0.29, 0.717) is 5.69 Å². The third kappa shape index (κ3) is 3.65. The largest absolute Gasteiger partial charge is 0.395 e. The Kier molecular flexibility index (Phi) is 4.74. The van der Waals surface area contributed by atoms with E-state index in [-0.39, 0.29) is 30.1 Å². The first-order valence-corrected chi connectivity index (χ1v) is 6.58. The van der Waals surface area contributed by atoms with Crippen LogP contribution in [0.5, 0.6) is 0 Å². The van der Waals surface area contributed by atoms with E-state index < -0.39 is 5.82 Å². The summed E-state index contributed by atoms with van der Waals surface area (Å²) in [5.41, 5.74) is 0.469. The summed E-state index contributed by atoms with van der Waals surface area (Å²) < 4.78 is 13.0. The quantitative estimate of drug-likeness (QED) is 0.888. The summed E-state index contributed by atoms with van der Waals surface area (Å²) in [5, 5.41) is 11.8. The van der Waals surface area contributed by atoms with E-state index in [4.69, 9.17) is 11.6 Å². The van der Waals surface area contributed by atoms with Gasteiger partial charge >= 0.3 is 0 Å². The smallest absolute Gasteiger partial charge is 0.238 e. The molecule has 1 atom stereocenters. The topological polar surface area (TPSA) is 52.6 Å².